The van der Waals surface area contributed by atoms with Gasteiger partial charge in [-0.05, 0) is 165 Å². The maximum Gasteiger partial charge on any atom is 0.238 e. The standard InChI is InChI=1S/C49H32N4.2C43H28N4/c1-4-16-33(17-5-1)36-22-14-24-38(30-36)47-50-48(39-25-15-23-37(31-39)34-18-6-2-7-19-34)52-49(51-47)53-44-29-13-12-28-42(44)46-41-27-11-10-26-40(41)43(32-45(46)53)35-20-8-3-9-21-35;1-5-15-29(16-6-1)33-25-26-38-37(27-33)40-35-24-14-13-23-34(35)36(30-17-7-2-8-18-30)28-39(40)47(38)43-45-41(31-19-9-3-10-20-31)44-42(46-43)32-21-11-4-12-22-32;1-4-12-29(13-5-1)30-20-22-31(23-21-30)35-24-26-37-39(28-35)47(38-27-25-32-14-10-11-19-36(32)40(37)38)43-45-41(33-15-6-2-7-16-33)44-42(46-43)34-17-8-3-9-18-34/h1-32H;2*1-28H. The van der Waals surface area contributed by atoms with E-state index >= 15 is 0 Å². The molecule has 6 aromatic heterocycles. The molecule has 28 aromatic rings. The van der Waals surface area contributed by atoms with Gasteiger partial charge >= 0.3 is 0 Å². The average molecular weight is 1880 g/mol. The first-order valence-corrected chi connectivity index (χ1v) is 49.5. The van der Waals surface area contributed by atoms with E-state index in [-0.39, 0.29) is 0 Å². The number of hydrogen-bond acceptors (Lipinski definition) is 9. The number of fused-ring (bicyclic) bond motifs is 15. The summed E-state index contributed by atoms with van der Waals surface area (Å²) < 4.78 is 6.65. The average Bonchev–Trinajstić information content (AvgIpc) is 1.56. The molecule has 0 bridgehead atoms. The zero-order valence-electron chi connectivity index (χ0n) is 79.7. The fourth-order valence-electron chi connectivity index (χ4n) is 20.8. The van der Waals surface area contributed by atoms with Gasteiger partial charge in [-0.3, -0.25) is 13.7 Å². The summed E-state index contributed by atoms with van der Waals surface area (Å²) in [5.74, 6) is 5.51. The summed E-state index contributed by atoms with van der Waals surface area (Å²) in [5, 5.41) is 14.2. The van der Waals surface area contributed by atoms with Gasteiger partial charge in [0.15, 0.2) is 34.9 Å². The van der Waals surface area contributed by atoms with Crippen LogP contribution < -0.4 is 0 Å². The highest BCUT2D eigenvalue weighted by molar-refractivity contribution is 6.27. The van der Waals surface area contributed by atoms with Crippen molar-refractivity contribution in [1.82, 2.24) is 58.6 Å². The number of hydrogen-bond donors (Lipinski definition) is 0. The van der Waals surface area contributed by atoms with Crippen LogP contribution in [0, 0.1) is 0 Å². The van der Waals surface area contributed by atoms with E-state index in [0.29, 0.717) is 52.8 Å². The molecule has 0 amide bonds. The molecule has 0 aliphatic carbocycles. The molecule has 0 N–H and O–H groups in total. The van der Waals surface area contributed by atoms with E-state index in [1.807, 2.05) is 140 Å². The van der Waals surface area contributed by atoms with Gasteiger partial charge < -0.3 is 0 Å². The highest BCUT2D eigenvalue weighted by Crippen LogP contribution is 2.47. The molecule has 0 fully saturated rings. The van der Waals surface area contributed by atoms with Gasteiger partial charge in [0.2, 0.25) is 17.8 Å². The molecule has 0 unspecified atom stereocenters. The Hall–Kier alpha value is -20.0. The molecule has 0 aliphatic heterocycles. The topological polar surface area (TPSA) is 131 Å². The minimum Gasteiger partial charge on any atom is -0.278 e. The zero-order valence-corrected chi connectivity index (χ0v) is 79.7. The quantitative estimate of drug-likeness (QED) is 0.0928. The molecule has 147 heavy (non-hydrogen) atoms. The SMILES string of the molecule is c1ccc(-c2ccc(-c3ccc4c5c6ccccc6ccc5n(-c5nc(-c6ccccc6)nc(-c6ccccc6)n5)c4c3)cc2)cc1.c1ccc(-c2ccc3c(c2)c2c4ccccc4c(-c4ccccc4)cc2n3-c2nc(-c3ccccc3)nc(-c3ccccc3)n2)cc1.c1ccc(-c2cccc(-c3nc(-c4cccc(-c5ccccc5)c4)nc(-n4c5ccccc5c5c6ccccc6c(-c6ccccc6)cc54)n3)c2)cc1. The summed E-state index contributed by atoms with van der Waals surface area (Å²) in [6.45, 7) is 0. The van der Waals surface area contributed by atoms with Crippen molar-refractivity contribution < 1.29 is 0 Å². The Balaban J connectivity index is 0.000000112. The molecule has 6 heterocycles. The largest absolute Gasteiger partial charge is 0.278 e. The van der Waals surface area contributed by atoms with Crippen LogP contribution in [0.15, 0.2) is 534 Å². The van der Waals surface area contributed by atoms with Crippen LogP contribution in [-0.4, -0.2) is 58.6 Å². The van der Waals surface area contributed by atoms with Crippen molar-refractivity contribution in [2.75, 3.05) is 0 Å². The van der Waals surface area contributed by atoms with Crippen molar-refractivity contribution in [2.24, 2.45) is 0 Å². The Kier molecular flexibility index (Phi) is 22.7. The number of para-hydroxylation sites is 1. The Labute approximate surface area is 848 Å². The van der Waals surface area contributed by atoms with Crippen LogP contribution in [0.25, 0.3) is 262 Å². The van der Waals surface area contributed by atoms with Gasteiger partial charge in [-0.1, -0.05) is 479 Å². The van der Waals surface area contributed by atoms with Crippen LogP contribution in [0.4, 0.5) is 0 Å². The Bertz CT molecular complexity index is 9590. The predicted octanol–water partition coefficient (Wildman–Crippen LogP) is 34.0. The second kappa shape index (κ2) is 38.2. The number of rotatable bonds is 16. The lowest BCUT2D eigenvalue weighted by Gasteiger charge is -2.13. The fraction of sp³-hybridized carbons (Fsp3) is 0. The fourth-order valence-corrected chi connectivity index (χ4v) is 20.8. The Morgan fingerprint density at radius 3 is 0.782 bits per heavy atom. The van der Waals surface area contributed by atoms with Crippen molar-refractivity contribution in [2.45, 2.75) is 0 Å². The molecule has 0 radical (unpaired) electrons. The molecule has 0 aliphatic rings. The first kappa shape index (κ1) is 87.3. The van der Waals surface area contributed by atoms with E-state index in [1.54, 1.807) is 0 Å². The molecule has 12 heteroatoms. The van der Waals surface area contributed by atoms with Gasteiger partial charge in [0.05, 0.1) is 33.1 Å². The smallest absolute Gasteiger partial charge is 0.238 e. The second-order valence-electron chi connectivity index (χ2n) is 36.6. The normalized spacial score (nSPS) is 11.4. The van der Waals surface area contributed by atoms with Gasteiger partial charge in [-0.15, -0.1) is 0 Å². The highest BCUT2D eigenvalue weighted by Gasteiger charge is 2.27. The minimum absolute atomic E-state index is 0.570. The van der Waals surface area contributed by atoms with E-state index in [9.17, 15) is 0 Å². The number of benzene rings is 22. The monoisotopic (exact) mass is 1880 g/mol. The molecular weight excluding hydrogens is 1790 g/mol. The minimum atomic E-state index is 0.570. The van der Waals surface area contributed by atoms with Crippen LogP contribution in [0.1, 0.15) is 0 Å². The molecular formula is C135H88N12. The molecule has 22 aromatic carbocycles. The van der Waals surface area contributed by atoms with Gasteiger partial charge in [-0.25, -0.2) is 15.0 Å². The highest BCUT2D eigenvalue weighted by atomic mass is 15.2. The van der Waals surface area contributed by atoms with Crippen LogP contribution in [-0.2, 0) is 0 Å². The summed E-state index contributed by atoms with van der Waals surface area (Å²) in [4.78, 5) is 46.4. The van der Waals surface area contributed by atoms with Gasteiger partial charge in [-0.2, -0.15) is 29.9 Å². The van der Waals surface area contributed by atoms with Crippen LogP contribution in [0.5, 0.6) is 0 Å². The molecule has 28 rings (SSSR count). The molecule has 0 atom stereocenters. The summed E-state index contributed by atoms with van der Waals surface area (Å²) in [7, 11) is 0. The molecule has 12 nitrogen and oxygen atoms in total. The third kappa shape index (κ3) is 16.7. The maximum absolute atomic E-state index is 5.31. The first-order chi connectivity index (χ1) is 72.9. The predicted molar refractivity (Wildman–Crippen MR) is 606 cm³/mol. The molecule has 0 saturated heterocycles. The van der Waals surface area contributed by atoms with Crippen molar-refractivity contribution in [3.8, 4) is 164 Å². The van der Waals surface area contributed by atoms with Gasteiger partial charge in [0.25, 0.3) is 0 Å². The van der Waals surface area contributed by atoms with Gasteiger partial charge in [0, 0.05) is 65.7 Å². The van der Waals surface area contributed by atoms with E-state index in [4.69, 9.17) is 44.9 Å². The molecule has 0 saturated carbocycles. The third-order valence-corrected chi connectivity index (χ3v) is 27.8. The van der Waals surface area contributed by atoms with E-state index in [0.717, 1.165) is 127 Å². The summed E-state index contributed by atoms with van der Waals surface area (Å²) in [6.07, 6.45) is 0. The van der Waals surface area contributed by atoms with Crippen LogP contribution in [0.2, 0.25) is 0 Å². The zero-order chi connectivity index (χ0) is 97.5. The van der Waals surface area contributed by atoms with Crippen LogP contribution in [0.3, 0.4) is 0 Å². The van der Waals surface area contributed by atoms with E-state index in [1.165, 1.54) is 81.9 Å². The van der Waals surface area contributed by atoms with Crippen molar-refractivity contribution >= 4 is 97.7 Å². The van der Waals surface area contributed by atoms with Crippen molar-refractivity contribution in [3.05, 3.63) is 534 Å². The van der Waals surface area contributed by atoms with Crippen molar-refractivity contribution in [3.63, 3.8) is 0 Å². The lowest BCUT2D eigenvalue weighted by molar-refractivity contribution is 0.953. The lowest BCUT2D eigenvalue weighted by Crippen LogP contribution is -2.06. The summed E-state index contributed by atoms with van der Waals surface area (Å²) in [6, 6.07) is 187. The maximum atomic E-state index is 5.31. The Morgan fingerprint density at radius 2 is 0.367 bits per heavy atom. The number of nitrogens with zero attached hydrogens (tertiary/aromatic N) is 12. The lowest BCUT2D eigenvalue weighted by atomic mass is 9.94. The second-order valence-corrected chi connectivity index (χ2v) is 36.6. The summed E-state index contributed by atoms with van der Waals surface area (Å²) >= 11 is 0. The van der Waals surface area contributed by atoms with Gasteiger partial charge in [0.1, 0.15) is 0 Å². The number of aromatic nitrogens is 12. The van der Waals surface area contributed by atoms with E-state index in [2.05, 4.69) is 408 Å². The van der Waals surface area contributed by atoms with E-state index < -0.39 is 0 Å². The molecule has 688 valence electrons. The first-order valence-electron chi connectivity index (χ1n) is 49.5. The molecule has 0 spiro atoms. The summed E-state index contributed by atoms with van der Waals surface area (Å²) in [5.41, 5.74) is 28.1. The van der Waals surface area contributed by atoms with Crippen LogP contribution >= 0.6 is 0 Å². The Morgan fingerprint density at radius 1 is 0.116 bits per heavy atom. The third-order valence-electron chi connectivity index (χ3n) is 27.8. The van der Waals surface area contributed by atoms with Crippen molar-refractivity contribution in [1.29, 1.82) is 0 Å².